The Bertz CT molecular complexity index is 1830. The normalized spacial score (nSPS) is 29.6. The van der Waals surface area contributed by atoms with E-state index in [1.54, 1.807) is 7.11 Å². The molecule has 8 rings (SSSR count). The van der Waals surface area contributed by atoms with Gasteiger partial charge in [-0.05, 0) is 135 Å². The lowest BCUT2D eigenvalue weighted by molar-refractivity contribution is -0.144. The molecule has 290 valence electrons. The minimum absolute atomic E-state index is 0.183. The number of nitrogens with zero attached hydrogens (tertiary/aromatic N) is 2. The Kier molecular flexibility index (Phi) is 10.8. The van der Waals surface area contributed by atoms with Gasteiger partial charge in [0.15, 0.2) is 11.5 Å². The predicted octanol–water partition coefficient (Wildman–Crippen LogP) is 8.31. The van der Waals surface area contributed by atoms with Gasteiger partial charge in [-0.3, -0.25) is 4.98 Å². The molecule has 0 radical (unpaired) electrons. The molecule has 54 heavy (non-hydrogen) atoms. The molecule has 3 heterocycles. The Labute approximate surface area is 325 Å². The number of carbonyl (C=O) groups is 1. The average Bonchev–Trinajstić information content (AvgIpc) is 3.67. The fourth-order valence-electron chi connectivity index (χ4n) is 10.4. The van der Waals surface area contributed by atoms with Gasteiger partial charge in [0, 0.05) is 60.8 Å². The summed E-state index contributed by atoms with van der Waals surface area (Å²) < 4.78 is 25.3. The molecule has 2 fully saturated rings. The molecule has 1 aromatic heterocycles. The first-order valence-corrected chi connectivity index (χ1v) is 20.6. The zero-order chi connectivity index (χ0) is 37.5. The van der Waals surface area contributed by atoms with E-state index in [-0.39, 0.29) is 11.3 Å². The van der Waals surface area contributed by atoms with Crippen molar-refractivity contribution in [3.05, 3.63) is 76.1 Å². The van der Waals surface area contributed by atoms with Gasteiger partial charge in [0.2, 0.25) is 0 Å². The van der Waals surface area contributed by atoms with Crippen molar-refractivity contribution in [2.45, 2.75) is 101 Å². The molecular formula is C44H56ClN3O6. The van der Waals surface area contributed by atoms with E-state index in [0.29, 0.717) is 61.5 Å². The molecule has 2 N–H and O–H groups in total. The van der Waals surface area contributed by atoms with Crippen molar-refractivity contribution in [1.82, 2.24) is 9.88 Å². The number of halogens is 1. The van der Waals surface area contributed by atoms with E-state index in [1.165, 1.54) is 35.2 Å². The molecule has 0 bridgehead atoms. The van der Waals surface area contributed by atoms with Crippen LogP contribution in [0.5, 0.6) is 17.2 Å². The van der Waals surface area contributed by atoms with Gasteiger partial charge in [0.05, 0.1) is 25.9 Å². The van der Waals surface area contributed by atoms with Crippen molar-refractivity contribution in [2.75, 3.05) is 51.9 Å². The van der Waals surface area contributed by atoms with E-state index in [2.05, 4.69) is 41.2 Å². The highest BCUT2D eigenvalue weighted by molar-refractivity contribution is 6.30. The van der Waals surface area contributed by atoms with Crippen LogP contribution in [0, 0.1) is 17.8 Å². The summed E-state index contributed by atoms with van der Waals surface area (Å²) in [5.41, 5.74) is 4.56. The summed E-state index contributed by atoms with van der Waals surface area (Å²) in [7, 11) is 1.80. The number of fused-ring (bicyclic) bond motifs is 4. The standard InChI is InChI=1S/C44H56ClN3O6/c1-28(25-52-38-10-16-46-37-9-4-6-29(2)41(37)38)18-32-19-31-20-39-40(54-27-30(26-53-39)23-48-17-11-35(24-48)51-3)22-36(31)43(32)12-14-44(15-13-43,42(49)50)47-34-8-5-7-33(45)21-34/h5,7-8,10,16,20-22,28-30,32,35,47H,4,6,9,11-15,17-19,23-27H2,1-3H3,(H,49,50)/t28-,29-,30?,32+,35-,43?,44?/m1/s1. The number of hydrogen-bond donors (Lipinski definition) is 2. The Morgan fingerprint density at radius 1 is 1.11 bits per heavy atom. The fraction of sp³-hybridized carbons (Fsp3) is 0.591. The van der Waals surface area contributed by atoms with Crippen LogP contribution in [-0.4, -0.2) is 79.2 Å². The molecule has 1 spiro atoms. The van der Waals surface area contributed by atoms with E-state index in [0.717, 1.165) is 81.1 Å². The second-order valence-electron chi connectivity index (χ2n) is 17.0. The monoisotopic (exact) mass is 757 g/mol. The molecule has 10 heteroatoms. The number of anilines is 1. The molecule has 0 amide bonds. The fourth-order valence-corrected chi connectivity index (χ4v) is 10.6. The average molecular weight is 758 g/mol. The number of likely N-dealkylation sites (tertiary alicyclic amines) is 1. The molecule has 1 unspecified atom stereocenters. The van der Waals surface area contributed by atoms with Gasteiger partial charge in [0.25, 0.3) is 0 Å². The second-order valence-corrected chi connectivity index (χ2v) is 17.5. The second kappa shape index (κ2) is 15.5. The summed E-state index contributed by atoms with van der Waals surface area (Å²) in [5, 5.41) is 14.7. The van der Waals surface area contributed by atoms with Gasteiger partial charge in [-0.1, -0.05) is 31.5 Å². The molecular weight excluding hydrogens is 702 g/mol. The van der Waals surface area contributed by atoms with Crippen molar-refractivity contribution in [2.24, 2.45) is 17.8 Å². The first-order chi connectivity index (χ1) is 26.1. The molecule has 9 nitrogen and oxygen atoms in total. The molecule has 1 saturated carbocycles. The van der Waals surface area contributed by atoms with Crippen LogP contribution in [0.1, 0.15) is 93.5 Å². The van der Waals surface area contributed by atoms with Crippen LogP contribution < -0.4 is 19.5 Å². The number of aliphatic carboxylic acids is 1. The summed E-state index contributed by atoms with van der Waals surface area (Å²) in [6, 6.07) is 13.9. The van der Waals surface area contributed by atoms with Crippen LogP contribution in [0.3, 0.4) is 0 Å². The number of carboxylic acid groups (broad SMARTS) is 1. The van der Waals surface area contributed by atoms with Crippen LogP contribution in [0.15, 0.2) is 48.7 Å². The minimum Gasteiger partial charge on any atom is -0.493 e. The lowest BCUT2D eigenvalue weighted by Crippen LogP contribution is -2.53. The number of hydrogen-bond acceptors (Lipinski definition) is 8. The largest absolute Gasteiger partial charge is 0.493 e. The SMILES string of the molecule is CO[C@@H]1CCN(CC2COc3cc4c(cc3OC2)C2(CCC(Nc3cccc(Cl)c3)(C(=O)O)CC2)[C@@H](C[C@@H](C)COc2ccnc3c2[C@H](C)CCC3)C4)C1. The van der Waals surface area contributed by atoms with Crippen LogP contribution >= 0.6 is 11.6 Å². The zero-order valence-electron chi connectivity index (χ0n) is 32.1. The maximum atomic E-state index is 13.1. The lowest BCUT2D eigenvalue weighted by Gasteiger charge is -2.47. The van der Waals surface area contributed by atoms with Gasteiger partial charge in [-0.15, -0.1) is 0 Å². The Morgan fingerprint density at radius 3 is 2.65 bits per heavy atom. The van der Waals surface area contributed by atoms with E-state index in [9.17, 15) is 9.90 Å². The molecule has 1 saturated heterocycles. The maximum Gasteiger partial charge on any atom is 0.329 e. The number of nitrogens with one attached hydrogen (secondary N) is 1. The third kappa shape index (κ3) is 7.40. The number of ether oxygens (including phenoxy) is 4. The van der Waals surface area contributed by atoms with Crippen LogP contribution in [0.25, 0.3) is 0 Å². The minimum atomic E-state index is -1.08. The van der Waals surface area contributed by atoms with Gasteiger partial charge in [0.1, 0.15) is 11.3 Å². The van der Waals surface area contributed by atoms with Gasteiger partial charge < -0.3 is 34.3 Å². The highest BCUT2D eigenvalue weighted by atomic mass is 35.5. The Morgan fingerprint density at radius 2 is 1.91 bits per heavy atom. The number of benzene rings is 2. The number of methoxy groups -OCH3 is 1. The van der Waals surface area contributed by atoms with Crippen molar-refractivity contribution < 1.29 is 28.8 Å². The Balaban J connectivity index is 1.03. The first kappa shape index (κ1) is 37.4. The van der Waals surface area contributed by atoms with Crippen molar-refractivity contribution in [1.29, 1.82) is 0 Å². The molecule has 5 atom stereocenters. The number of carboxylic acids is 1. The molecule has 2 aliphatic heterocycles. The third-order valence-corrected chi connectivity index (χ3v) is 13.6. The molecule has 3 aliphatic carbocycles. The molecule has 2 aromatic carbocycles. The summed E-state index contributed by atoms with van der Waals surface area (Å²) in [5.74, 6) is 3.16. The maximum absolute atomic E-state index is 13.1. The topological polar surface area (TPSA) is 102 Å². The number of rotatable bonds is 11. The van der Waals surface area contributed by atoms with Crippen LogP contribution in [0.2, 0.25) is 5.02 Å². The van der Waals surface area contributed by atoms with Crippen molar-refractivity contribution in [3.63, 3.8) is 0 Å². The van der Waals surface area contributed by atoms with E-state index in [1.807, 2.05) is 36.5 Å². The number of pyridine rings is 1. The highest BCUT2D eigenvalue weighted by Crippen LogP contribution is 2.58. The van der Waals surface area contributed by atoms with Gasteiger partial charge in [-0.25, -0.2) is 4.79 Å². The summed E-state index contributed by atoms with van der Waals surface area (Å²) >= 11 is 6.32. The summed E-state index contributed by atoms with van der Waals surface area (Å²) in [6.45, 7) is 9.37. The van der Waals surface area contributed by atoms with Gasteiger partial charge >= 0.3 is 5.97 Å². The number of aryl methyl sites for hydroxylation is 1. The zero-order valence-corrected chi connectivity index (χ0v) is 32.8. The third-order valence-electron chi connectivity index (χ3n) is 13.4. The van der Waals surface area contributed by atoms with Crippen molar-refractivity contribution in [3.8, 4) is 17.2 Å². The van der Waals surface area contributed by atoms with Crippen LogP contribution in [-0.2, 0) is 27.8 Å². The van der Waals surface area contributed by atoms with E-state index < -0.39 is 11.5 Å². The summed E-state index contributed by atoms with van der Waals surface area (Å²) in [4.78, 5) is 20.2. The smallest absolute Gasteiger partial charge is 0.329 e. The first-order valence-electron chi connectivity index (χ1n) is 20.2. The predicted molar refractivity (Wildman–Crippen MR) is 210 cm³/mol. The quantitative estimate of drug-likeness (QED) is 0.200. The van der Waals surface area contributed by atoms with Crippen molar-refractivity contribution >= 4 is 23.3 Å². The van der Waals surface area contributed by atoms with E-state index in [4.69, 9.17) is 30.5 Å². The Hall–Kier alpha value is -3.53. The molecule has 5 aliphatic rings. The van der Waals surface area contributed by atoms with Crippen LogP contribution in [0.4, 0.5) is 5.69 Å². The highest BCUT2D eigenvalue weighted by Gasteiger charge is 2.54. The lowest BCUT2D eigenvalue weighted by atomic mass is 9.59. The van der Waals surface area contributed by atoms with E-state index >= 15 is 0 Å². The summed E-state index contributed by atoms with van der Waals surface area (Å²) in [6.07, 6.45) is 11.1. The molecule has 3 aromatic rings. The van der Waals surface area contributed by atoms with Gasteiger partial charge in [-0.2, -0.15) is 0 Å². The number of aromatic nitrogens is 1.